The van der Waals surface area contributed by atoms with E-state index in [1.807, 2.05) is 19.1 Å². The van der Waals surface area contributed by atoms with Crippen LogP contribution in [0.25, 0.3) is 11.2 Å². The van der Waals surface area contributed by atoms with Gasteiger partial charge in [-0.2, -0.15) is 0 Å². The Morgan fingerprint density at radius 3 is 3.00 bits per heavy atom. The summed E-state index contributed by atoms with van der Waals surface area (Å²) in [6.07, 6.45) is 1.09. The second kappa shape index (κ2) is 5.10. The van der Waals surface area contributed by atoms with Gasteiger partial charge in [-0.15, -0.1) is 11.6 Å². The molecule has 2 aromatic heterocycles. The number of hydrogen-bond acceptors (Lipinski definition) is 3. The average molecular weight is 280 g/mol. The summed E-state index contributed by atoms with van der Waals surface area (Å²) >= 11 is 6.05. The van der Waals surface area contributed by atoms with Crippen LogP contribution in [-0.4, -0.2) is 27.7 Å². The van der Waals surface area contributed by atoms with Crippen molar-refractivity contribution >= 4 is 22.8 Å². The first-order valence-corrected chi connectivity index (χ1v) is 7.22. The van der Waals surface area contributed by atoms with Crippen molar-refractivity contribution in [2.45, 2.75) is 32.2 Å². The first kappa shape index (κ1) is 12.9. The van der Waals surface area contributed by atoms with Crippen molar-refractivity contribution in [3.05, 3.63) is 23.7 Å². The van der Waals surface area contributed by atoms with E-state index in [9.17, 15) is 0 Å². The Morgan fingerprint density at radius 2 is 2.32 bits per heavy atom. The molecule has 0 aliphatic carbocycles. The minimum Gasteiger partial charge on any atom is -0.381 e. The molecule has 3 heterocycles. The van der Waals surface area contributed by atoms with Crippen LogP contribution in [0, 0.1) is 12.8 Å². The van der Waals surface area contributed by atoms with Gasteiger partial charge in [-0.1, -0.05) is 0 Å². The van der Waals surface area contributed by atoms with E-state index in [1.54, 1.807) is 0 Å². The lowest BCUT2D eigenvalue weighted by Gasteiger charge is -2.21. The highest BCUT2D eigenvalue weighted by Gasteiger charge is 2.27. The Balaban J connectivity index is 2.11. The van der Waals surface area contributed by atoms with Crippen LogP contribution >= 0.6 is 11.6 Å². The van der Waals surface area contributed by atoms with Crippen LogP contribution in [0.2, 0.25) is 0 Å². The molecule has 0 amide bonds. The number of ether oxygens (including phenoxy) is 1. The van der Waals surface area contributed by atoms with E-state index in [4.69, 9.17) is 16.3 Å². The molecule has 0 saturated carbocycles. The van der Waals surface area contributed by atoms with E-state index in [0.29, 0.717) is 17.8 Å². The van der Waals surface area contributed by atoms with E-state index < -0.39 is 0 Å². The summed E-state index contributed by atoms with van der Waals surface area (Å²) in [5, 5.41) is 0. The quantitative estimate of drug-likeness (QED) is 0.811. The molecule has 0 bridgehead atoms. The standard InChI is InChI=1S/C14H18ClN3O/c1-9-3-4-12-14(16-9)18(13(7-15)17-12)10(2)11-5-6-19-8-11/h3-4,10-11H,5-8H2,1-2H3. The second-order valence-corrected chi connectivity index (χ2v) is 5.46. The molecule has 0 radical (unpaired) electrons. The largest absolute Gasteiger partial charge is 0.381 e. The predicted molar refractivity (Wildman–Crippen MR) is 75.5 cm³/mol. The summed E-state index contributed by atoms with van der Waals surface area (Å²) < 4.78 is 7.69. The van der Waals surface area contributed by atoms with Crippen molar-refractivity contribution in [1.29, 1.82) is 0 Å². The molecule has 1 fully saturated rings. The van der Waals surface area contributed by atoms with Crippen molar-refractivity contribution < 1.29 is 4.74 Å². The van der Waals surface area contributed by atoms with Gasteiger partial charge >= 0.3 is 0 Å². The highest BCUT2D eigenvalue weighted by Crippen LogP contribution is 2.30. The monoisotopic (exact) mass is 279 g/mol. The first-order chi connectivity index (χ1) is 9.20. The summed E-state index contributed by atoms with van der Waals surface area (Å²) in [4.78, 5) is 9.23. The maximum atomic E-state index is 6.05. The minimum atomic E-state index is 0.315. The number of nitrogens with zero attached hydrogens (tertiary/aromatic N) is 3. The molecule has 2 atom stereocenters. The van der Waals surface area contributed by atoms with Crippen molar-refractivity contribution in [3.8, 4) is 0 Å². The van der Waals surface area contributed by atoms with Gasteiger partial charge in [0, 0.05) is 24.3 Å². The molecule has 1 aliphatic heterocycles. The van der Waals surface area contributed by atoms with Crippen molar-refractivity contribution in [2.75, 3.05) is 13.2 Å². The van der Waals surface area contributed by atoms with Crippen molar-refractivity contribution in [2.24, 2.45) is 5.92 Å². The Morgan fingerprint density at radius 1 is 1.47 bits per heavy atom. The molecule has 1 aliphatic rings. The summed E-state index contributed by atoms with van der Waals surface area (Å²) in [5.41, 5.74) is 2.87. The molecule has 4 nitrogen and oxygen atoms in total. The number of hydrogen-bond donors (Lipinski definition) is 0. The highest BCUT2D eigenvalue weighted by molar-refractivity contribution is 6.16. The zero-order valence-electron chi connectivity index (χ0n) is 11.3. The molecule has 5 heteroatoms. The summed E-state index contributed by atoms with van der Waals surface area (Å²) in [6.45, 7) is 5.87. The molecule has 0 N–H and O–H groups in total. The lowest BCUT2D eigenvalue weighted by molar-refractivity contribution is 0.175. The van der Waals surface area contributed by atoms with E-state index >= 15 is 0 Å². The topological polar surface area (TPSA) is 39.9 Å². The maximum Gasteiger partial charge on any atom is 0.160 e. The zero-order valence-corrected chi connectivity index (χ0v) is 12.0. The fourth-order valence-corrected chi connectivity index (χ4v) is 2.97. The third-order valence-corrected chi connectivity index (χ3v) is 4.16. The molecule has 3 rings (SSSR count). The van der Waals surface area contributed by atoms with Crippen LogP contribution in [-0.2, 0) is 10.6 Å². The number of imidazole rings is 1. The number of aromatic nitrogens is 3. The summed E-state index contributed by atoms with van der Waals surface area (Å²) in [6, 6.07) is 4.32. The SMILES string of the molecule is Cc1ccc2nc(CCl)n(C(C)C3CCOC3)c2n1. The highest BCUT2D eigenvalue weighted by atomic mass is 35.5. The Kier molecular flexibility index (Phi) is 3.46. The summed E-state index contributed by atoms with van der Waals surface area (Å²) in [5.74, 6) is 1.82. The fourth-order valence-electron chi connectivity index (χ4n) is 2.78. The van der Waals surface area contributed by atoms with Gasteiger partial charge < -0.3 is 9.30 Å². The Bertz CT molecular complexity index is 590. The van der Waals surface area contributed by atoms with Crippen LogP contribution in [0.5, 0.6) is 0 Å². The van der Waals surface area contributed by atoms with Gasteiger partial charge in [-0.25, -0.2) is 9.97 Å². The number of aryl methyl sites for hydroxylation is 1. The van der Waals surface area contributed by atoms with E-state index in [1.165, 1.54) is 0 Å². The normalized spacial score (nSPS) is 21.1. The predicted octanol–water partition coefficient (Wildman–Crippen LogP) is 3.08. The molecule has 1 saturated heterocycles. The van der Waals surface area contributed by atoms with Crippen molar-refractivity contribution in [1.82, 2.24) is 14.5 Å². The molecule has 0 spiro atoms. The molecule has 2 unspecified atom stereocenters. The van der Waals surface area contributed by atoms with E-state index in [-0.39, 0.29) is 0 Å². The van der Waals surface area contributed by atoms with E-state index in [0.717, 1.165) is 42.3 Å². The third-order valence-electron chi connectivity index (χ3n) is 3.92. The third kappa shape index (κ3) is 2.23. The molecule has 2 aromatic rings. The average Bonchev–Trinajstić information content (AvgIpc) is 3.04. The molecule has 19 heavy (non-hydrogen) atoms. The van der Waals surface area contributed by atoms with Crippen LogP contribution < -0.4 is 0 Å². The second-order valence-electron chi connectivity index (χ2n) is 5.19. The molecule has 0 aromatic carbocycles. The van der Waals surface area contributed by atoms with Gasteiger partial charge in [0.15, 0.2) is 5.65 Å². The maximum absolute atomic E-state index is 6.05. The number of halogens is 1. The lowest BCUT2D eigenvalue weighted by Crippen LogP contribution is -2.19. The Hall–Kier alpha value is -1.13. The summed E-state index contributed by atoms with van der Waals surface area (Å²) in [7, 11) is 0. The first-order valence-electron chi connectivity index (χ1n) is 6.69. The Labute approximate surface area is 117 Å². The van der Waals surface area contributed by atoms with Gasteiger partial charge in [-0.3, -0.25) is 0 Å². The molecular weight excluding hydrogens is 262 g/mol. The van der Waals surface area contributed by atoms with Crippen LogP contribution in [0.15, 0.2) is 12.1 Å². The smallest absolute Gasteiger partial charge is 0.160 e. The lowest BCUT2D eigenvalue weighted by atomic mass is 10.0. The minimum absolute atomic E-state index is 0.315. The molecule has 102 valence electrons. The van der Waals surface area contributed by atoms with Gasteiger partial charge in [0.05, 0.1) is 12.5 Å². The van der Waals surface area contributed by atoms with Gasteiger partial charge in [0.2, 0.25) is 0 Å². The number of fused-ring (bicyclic) bond motifs is 1. The van der Waals surface area contributed by atoms with Gasteiger partial charge in [-0.05, 0) is 32.4 Å². The van der Waals surface area contributed by atoms with Crippen LogP contribution in [0.4, 0.5) is 0 Å². The fraction of sp³-hybridized carbons (Fsp3) is 0.571. The number of rotatable bonds is 3. The van der Waals surface area contributed by atoms with E-state index in [2.05, 4.69) is 21.5 Å². The van der Waals surface area contributed by atoms with Crippen LogP contribution in [0.1, 0.15) is 30.9 Å². The van der Waals surface area contributed by atoms with Gasteiger partial charge in [0.1, 0.15) is 11.3 Å². The molecular formula is C14H18ClN3O. The van der Waals surface area contributed by atoms with Crippen LogP contribution in [0.3, 0.4) is 0 Å². The van der Waals surface area contributed by atoms with Crippen molar-refractivity contribution in [3.63, 3.8) is 0 Å². The number of alkyl halides is 1. The number of pyridine rings is 1. The van der Waals surface area contributed by atoms with Gasteiger partial charge in [0.25, 0.3) is 0 Å². The zero-order chi connectivity index (χ0) is 13.4.